The van der Waals surface area contributed by atoms with Gasteiger partial charge in [-0.25, -0.2) is 0 Å². The quantitative estimate of drug-likeness (QED) is 0.452. The molecule has 1 heterocycles. The number of hydrogen-bond acceptors (Lipinski definition) is 6. The van der Waals surface area contributed by atoms with Gasteiger partial charge in [0.05, 0.1) is 20.6 Å². The predicted octanol–water partition coefficient (Wildman–Crippen LogP) is 4.20. The maximum atomic E-state index is 12.9. The predicted molar refractivity (Wildman–Crippen MR) is 119 cm³/mol. The molecule has 0 aliphatic carbocycles. The van der Waals surface area contributed by atoms with Crippen molar-refractivity contribution >= 4 is 5.91 Å². The Labute approximate surface area is 186 Å². The Morgan fingerprint density at radius 1 is 0.906 bits per heavy atom. The summed E-state index contributed by atoms with van der Waals surface area (Å²) < 4.78 is 16.5. The van der Waals surface area contributed by atoms with Crippen molar-refractivity contribution in [2.45, 2.75) is 12.5 Å². The molecule has 162 valence electrons. The van der Waals surface area contributed by atoms with Gasteiger partial charge in [-0.15, -0.1) is 10.2 Å². The summed E-state index contributed by atoms with van der Waals surface area (Å²) >= 11 is 0. The average molecular weight is 429 g/mol. The summed E-state index contributed by atoms with van der Waals surface area (Å²) in [5, 5.41) is 11.4. The first-order chi connectivity index (χ1) is 15.7. The zero-order chi connectivity index (χ0) is 22.3. The van der Waals surface area contributed by atoms with E-state index in [0.29, 0.717) is 23.3 Å². The Bertz CT molecular complexity index is 1180. The van der Waals surface area contributed by atoms with E-state index in [0.717, 1.165) is 16.7 Å². The number of benzene rings is 3. The van der Waals surface area contributed by atoms with Gasteiger partial charge >= 0.3 is 0 Å². The highest BCUT2D eigenvalue weighted by Gasteiger charge is 2.23. The molecule has 1 amide bonds. The number of amides is 1. The van der Waals surface area contributed by atoms with Gasteiger partial charge in [0.25, 0.3) is 0 Å². The standard InChI is InChI=1S/C25H23N3O4/c1-30-20-14-13-17(15-21(20)31-2)16-22(29)26-23(18-9-5-3-6-10-18)25-28-27-24(32-25)19-11-7-4-8-12-19/h3-15,23H,16H2,1-2H3,(H,26,29)/t23-/m0/s1. The van der Waals surface area contributed by atoms with Gasteiger partial charge in [0.2, 0.25) is 17.7 Å². The van der Waals surface area contributed by atoms with E-state index in [2.05, 4.69) is 15.5 Å². The molecular weight excluding hydrogens is 406 g/mol. The maximum absolute atomic E-state index is 12.9. The van der Waals surface area contributed by atoms with E-state index in [4.69, 9.17) is 13.9 Å². The molecule has 0 bridgehead atoms. The largest absolute Gasteiger partial charge is 0.493 e. The Morgan fingerprint density at radius 3 is 2.28 bits per heavy atom. The average Bonchev–Trinajstić information content (AvgIpc) is 3.33. The smallest absolute Gasteiger partial charge is 0.247 e. The van der Waals surface area contributed by atoms with Gasteiger partial charge in [-0.05, 0) is 35.4 Å². The molecule has 3 aromatic carbocycles. The van der Waals surface area contributed by atoms with Crippen LogP contribution in [0.25, 0.3) is 11.5 Å². The van der Waals surface area contributed by atoms with Gasteiger partial charge < -0.3 is 19.2 Å². The van der Waals surface area contributed by atoms with E-state index in [9.17, 15) is 4.79 Å². The van der Waals surface area contributed by atoms with Gasteiger partial charge in [0.15, 0.2) is 11.5 Å². The Hall–Kier alpha value is -4.13. The summed E-state index contributed by atoms with van der Waals surface area (Å²) in [7, 11) is 3.13. The summed E-state index contributed by atoms with van der Waals surface area (Å²) in [6.07, 6.45) is 0.156. The van der Waals surface area contributed by atoms with Crippen LogP contribution in [0.4, 0.5) is 0 Å². The first-order valence-corrected chi connectivity index (χ1v) is 10.1. The highest BCUT2D eigenvalue weighted by atomic mass is 16.5. The van der Waals surface area contributed by atoms with Crippen LogP contribution in [0, 0.1) is 0 Å². The zero-order valence-corrected chi connectivity index (χ0v) is 17.8. The SMILES string of the molecule is COc1ccc(CC(=O)N[C@@H](c2ccccc2)c2nnc(-c3ccccc3)o2)cc1OC. The van der Waals surface area contributed by atoms with Crippen LogP contribution in [0.5, 0.6) is 11.5 Å². The van der Waals surface area contributed by atoms with Crippen molar-refractivity contribution in [3.05, 3.63) is 95.9 Å². The molecule has 32 heavy (non-hydrogen) atoms. The van der Waals surface area contributed by atoms with Crippen LogP contribution in [0.1, 0.15) is 23.1 Å². The van der Waals surface area contributed by atoms with E-state index in [1.807, 2.05) is 66.7 Å². The molecule has 0 aliphatic heterocycles. The Kier molecular flexibility index (Phi) is 6.46. The van der Waals surface area contributed by atoms with Crippen molar-refractivity contribution in [1.29, 1.82) is 0 Å². The lowest BCUT2D eigenvalue weighted by molar-refractivity contribution is -0.121. The highest BCUT2D eigenvalue weighted by Crippen LogP contribution is 2.28. The summed E-state index contributed by atoms with van der Waals surface area (Å²) in [4.78, 5) is 12.9. The van der Waals surface area contributed by atoms with Gasteiger partial charge in [-0.2, -0.15) is 0 Å². The molecule has 0 fully saturated rings. The van der Waals surface area contributed by atoms with E-state index < -0.39 is 6.04 Å². The number of nitrogens with one attached hydrogen (secondary N) is 1. The van der Waals surface area contributed by atoms with Crippen LogP contribution >= 0.6 is 0 Å². The molecule has 0 saturated carbocycles. The number of ether oxygens (including phenoxy) is 2. The summed E-state index contributed by atoms with van der Waals surface area (Å²) in [6, 6.07) is 23.9. The number of rotatable bonds is 8. The minimum Gasteiger partial charge on any atom is -0.493 e. The van der Waals surface area contributed by atoms with Crippen LogP contribution in [-0.4, -0.2) is 30.3 Å². The van der Waals surface area contributed by atoms with E-state index >= 15 is 0 Å². The number of methoxy groups -OCH3 is 2. The topological polar surface area (TPSA) is 86.5 Å². The van der Waals surface area contributed by atoms with Crippen molar-refractivity contribution in [2.24, 2.45) is 0 Å². The summed E-state index contributed by atoms with van der Waals surface area (Å²) in [5.74, 6) is 1.71. The number of carbonyl (C=O) groups is 1. The monoisotopic (exact) mass is 429 g/mol. The molecule has 4 rings (SSSR count). The lowest BCUT2D eigenvalue weighted by Gasteiger charge is -2.16. The number of nitrogens with zero attached hydrogens (tertiary/aromatic N) is 2. The van der Waals surface area contributed by atoms with Crippen molar-refractivity contribution in [3.63, 3.8) is 0 Å². The fourth-order valence-corrected chi connectivity index (χ4v) is 3.37. The molecule has 7 nitrogen and oxygen atoms in total. The molecule has 0 spiro atoms. The van der Waals surface area contributed by atoms with Gasteiger partial charge in [-0.3, -0.25) is 4.79 Å². The molecule has 0 saturated heterocycles. The third-order valence-corrected chi connectivity index (χ3v) is 4.96. The minimum atomic E-state index is -0.575. The normalized spacial score (nSPS) is 11.6. The van der Waals surface area contributed by atoms with E-state index in [1.54, 1.807) is 26.4 Å². The second kappa shape index (κ2) is 9.78. The molecular formula is C25H23N3O4. The summed E-state index contributed by atoms with van der Waals surface area (Å²) in [6.45, 7) is 0. The van der Waals surface area contributed by atoms with Crippen LogP contribution in [-0.2, 0) is 11.2 Å². The number of hydrogen-bond donors (Lipinski definition) is 1. The van der Waals surface area contributed by atoms with E-state index in [-0.39, 0.29) is 12.3 Å². The van der Waals surface area contributed by atoms with Crippen LogP contribution in [0.15, 0.2) is 83.3 Å². The molecule has 1 aromatic heterocycles. The van der Waals surface area contributed by atoms with Crippen molar-refractivity contribution < 1.29 is 18.7 Å². The third-order valence-electron chi connectivity index (χ3n) is 4.96. The fourth-order valence-electron chi connectivity index (χ4n) is 3.37. The second-order valence-corrected chi connectivity index (χ2v) is 7.09. The zero-order valence-electron chi connectivity index (χ0n) is 17.8. The first-order valence-electron chi connectivity index (χ1n) is 10.1. The number of carbonyl (C=O) groups excluding carboxylic acids is 1. The Morgan fingerprint density at radius 2 is 1.59 bits per heavy atom. The van der Waals surface area contributed by atoms with Crippen molar-refractivity contribution in [2.75, 3.05) is 14.2 Å². The lowest BCUT2D eigenvalue weighted by atomic mass is 10.1. The second-order valence-electron chi connectivity index (χ2n) is 7.09. The third kappa shape index (κ3) is 4.78. The Balaban J connectivity index is 1.57. The molecule has 1 atom stereocenters. The lowest BCUT2D eigenvalue weighted by Crippen LogP contribution is -2.30. The first kappa shape index (κ1) is 21.1. The van der Waals surface area contributed by atoms with Gasteiger partial charge in [-0.1, -0.05) is 54.6 Å². The highest BCUT2D eigenvalue weighted by molar-refractivity contribution is 5.79. The van der Waals surface area contributed by atoms with Gasteiger partial charge in [0.1, 0.15) is 6.04 Å². The molecule has 0 unspecified atom stereocenters. The number of aromatic nitrogens is 2. The molecule has 0 aliphatic rings. The minimum absolute atomic E-state index is 0.156. The molecule has 4 aromatic rings. The van der Waals surface area contributed by atoms with Gasteiger partial charge in [0, 0.05) is 5.56 Å². The van der Waals surface area contributed by atoms with Crippen LogP contribution in [0.3, 0.4) is 0 Å². The van der Waals surface area contributed by atoms with E-state index in [1.165, 1.54) is 0 Å². The van der Waals surface area contributed by atoms with Crippen molar-refractivity contribution in [3.8, 4) is 23.0 Å². The van der Waals surface area contributed by atoms with Crippen molar-refractivity contribution in [1.82, 2.24) is 15.5 Å². The molecule has 7 heteroatoms. The van der Waals surface area contributed by atoms with Crippen LogP contribution < -0.4 is 14.8 Å². The fraction of sp³-hybridized carbons (Fsp3) is 0.160. The molecule has 0 radical (unpaired) electrons. The maximum Gasteiger partial charge on any atom is 0.247 e. The molecule has 1 N–H and O–H groups in total. The van der Waals surface area contributed by atoms with Crippen LogP contribution in [0.2, 0.25) is 0 Å². The summed E-state index contributed by atoms with van der Waals surface area (Å²) in [5.41, 5.74) is 2.45.